The number of nitrogens with one attached hydrogen (secondary N) is 1. The summed E-state index contributed by atoms with van der Waals surface area (Å²) in [6.07, 6.45) is 2.98. The Morgan fingerprint density at radius 2 is 1.60 bits per heavy atom. The number of nitrogens with zero attached hydrogens (tertiary/aromatic N) is 1. The molecule has 184 valence electrons. The number of carbonyl (C=O) groups is 2. The SMILES string of the molecule is CCCCNC(=O)C(Cc1ccccc1)N(Cc1ccccc1F)C(=O)CCc1ccc(C)cc1. The van der Waals surface area contributed by atoms with E-state index in [4.69, 9.17) is 0 Å². The van der Waals surface area contributed by atoms with Gasteiger partial charge in [0.25, 0.3) is 0 Å². The standard InChI is InChI=1S/C30H35FN2O2/c1-3-4-20-32-30(35)28(21-25-10-6-5-7-11-25)33(22-26-12-8-9-13-27(26)31)29(34)19-18-24-16-14-23(2)15-17-24/h5-17,28H,3-4,18-22H2,1-2H3,(H,32,35). The van der Waals surface area contributed by atoms with Crippen molar-refractivity contribution in [2.75, 3.05) is 6.54 Å². The van der Waals surface area contributed by atoms with Gasteiger partial charge in [0.15, 0.2) is 0 Å². The predicted molar refractivity (Wildman–Crippen MR) is 138 cm³/mol. The van der Waals surface area contributed by atoms with Gasteiger partial charge in [0.1, 0.15) is 11.9 Å². The molecular formula is C30H35FN2O2. The third kappa shape index (κ3) is 8.06. The van der Waals surface area contributed by atoms with Crippen molar-refractivity contribution in [1.82, 2.24) is 10.2 Å². The fourth-order valence-corrected chi connectivity index (χ4v) is 4.02. The quantitative estimate of drug-likeness (QED) is 0.346. The fraction of sp³-hybridized carbons (Fsp3) is 0.333. The highest BCUT2D eigenvalue weighted by atomic mass is 19.1. The summed E-state index contributed by atoms with van der Waals surface area (Å²) in [6.45, 7) is 4.67. The summed E-state index contributed by atoms with van der Waals surface area (Å²) in [5, 5.41) is 2.99. The van der Waals surface area contributed by atoms with Gasteiger partial charge in [-0.05, 0) is 37.0 Å². The largest absolute Gasteiger partial charge is 0.354 e. The van der Waals surface area contributed by atoms with Gasteiger partial charge in [-0.3, -0.25) is 9.59 Å². The summed E-state index contributed by atoms with van der Waals surface area (Å²) in [6, 6.07) is 23.4. The Kier molecular flexibility index (Phi) is 10.0. The molecule has 1 atom stereocenters. The van der Waals surface area contributed by atoms with E-state index in [1.807, 2.05) is 61.5 Å². The molecule has 0 aliphatic carbocycles. The van der Waals surface area contributed by atoms with Crippen LogP contribution in [0.2, 0.25) is 0 Å². The molecule has 3 rings (SSSR count). The molecule has 2 amide bonds. The average Bonchev–Trinajstić information content (AvgIpc) is 2.87. The van der Waals surface area contributed by atoms with Crippen LogP contribution in [0.25, 0.3) is 0 Å². The highest BCUT2D eigenvalue weighted by Crippen LogP contribution is 2.18. The summed E-state index contributed by atoms with van der Waals surface area (Å²) in [4.78, 5) is 28.5. The summed E-state index contributed by atoms with van der Waals surface area (Å²) in [5.74, 6) is -0.753. The lowest BCUT2D eigenvalue weighted by molar-refractivity contribution is -0.141. The Bertz CT molecular complexity index is 1080. The topological polar surface area (TPSA) is 49.4 Å². The van der Waals surface area contributed by atoms with Crippen LogP contribution in [-0.4, -0.2) is 29.3 Å². The first-order valence-corrected chi connectivity index (χ1v) is 12.4. The van der Waals surface area contributed by atoms with Crippen LogP contribution in [0.1, 0.15) is 48.4 Å². The molecule has 0 heterocycles. The van der Waals surface area contributed by atoms with E-state index >= 15 is 0 Å². The molecule has 3 aromatic carbocycles. The van der Waals surface area contributed by atoms with E-state index < -0.39 is 6.04 Å². The van der Waals surface area contributed by atoms with Crippen molar-refractivity contribution in [1.29, 1.82) is 0 Å². The Balaban J connectivity index is 1.88. The first-order chi connectivity index (χ1) is 17.0. The van der Waals surface area contributed by atoms with Gasteiger partial charge < -0.3 is 10.2 Å². The van der Waals surface area contributed by atoms with Gasteiger partial charge in [-0.25, -0.2) is 4.39 Å². The molecule has 0 fully saturated rings. The van der Waals surface area contributed by atoms with E-state index in [1.165, 1.54) is 6.07 Å². The van der Waals surface area contributed by atoms with E-state index in [2.05, 4.69) is 12.2 Å². The fourth-order valence-electron chi connectivity index (χ4n) is 4.02. The third-order valence-corrected chi connectivity index (χ3v) is 6.15. The number of aryl methyl sites for hydroxylation is 2. The first-order valence-electron chi connectivity index (χ1n) is 12.4. The van der Waals surface area contributed by atoms with Crippen LogP contribution in [0.4, 0.5) is 4.39 Å². The number of unbranched alkanes of at least 4 members (excludes halogenated alkanes) is 1. The second-order valence-electron chi connectivity index (χ2n) is 8.95. The number of hydrogen-bond donors (Lipinski definition) is 1. The minimum Gasteiger partial charge on any atom is -0.354 e. The molecular weight excluding hydrogens is 439 g/mol. The number of amides is 2. The molecule has 0 saturated heterocycles. The lowest BCUT2D eigenvalue weighted by atomic mass is 10.0. The molecule has 0 aliphatic rings. The second kappa shape index (κ2) is 13.4. The molecule has 0 aliphatic heterocycles. The maximum atomic E-state index is 14.6. The maximum absolute atomic E-state index is 14.6. The maximum Gasteiger partial charge on any atom is 0.243 e. The second-order valence-corrected chi connectivity index (χ2v) is 8.95. The van der Waals surface area contributed by atoms with Crippen LogP contribution in [0.15, 0.2) is 78.9 Å². The van der Waals surface area contributed by atoms with Crippen molar-refractivity contribution < 1.29 is 14.0 Å². The van der Waals surface area contributed by atoms with Crippen molar-refractivity contribution in [3.63, 3.8) is 0 Å². The Morgan fingerprint density at radius 1 is 0.914 bits per heavy atom. The van der Waals surface area contributed by atoms with Crippen molar-refractivity contribution in [2.45, 2.75) is 58.5 Å². The summed E-state index contributed by atoms with van der Waals surface area (Å²) in [7, 11) is 0. The van der Waals surface area contributed by atoms with Crippen LogP contribution in [-0.2, 0) is 29.0 Å². The molecule has 4 nitrogen and oxygen atoms in total. The Labute approximate surface area is 208 Å². The zero-order chi connectivity index (χ0) is 25.0. The lowest BCUT2D eigenvalue weighted by Crippen LogP contribution is -2.50. The number of halogens is 1. The third-order valence-electron chi connectivity index (χ3n) is 6.15. The molecule has 3 aromatic rings. The molecule has 0 spiro atoms. The van der Waals surface area contributed by atoms with E-state index in [-0.39, 0.29) is 30.6 Å². The van der Waals surface area contributed by atoms with Gasteiger partial charge in [0.2, 0.25) is 11.8 Å². The molecule has 35 heavy (non-hydrogen) atoms. The minimum absolute atomic E-state index is 0.0398. The van der Waals surface area contributed by atoms with Crippen LogP contribution in [0.3, 0.4) is 0 Å². The molecule has 1 N–H and O–H groups in total. The van der Waals surface area contributed by atoms with E-state index in [1.54, 1.807) is 23.1 Å². The number of hydrogen-bond acceptors (Lipinski definition) is 2. The summed E-state index contributed by atoms with van der Waals surface area (Å²) >= 11 is 0. The first kappa shape index (κ1) is 26.1. The van der Waals surface area contributed by atoms with Gasteiger partial charge in [-0.2, -0.15) is 0 Å². The van der Waals surface area contributed by atoms with Crippen molar-refractivity contribution in [2.24, 2.45) is 0 Å². The van der Waals surface area contributed by atoms with Crippen molar-refractivity contribution >= 4 is 11.8 Å². The lowest BCUT2D eigenvalue weighted by Gasteiger charge is -2.32. The summed E-state index contributed by atoms with van der Waals surface area (Å²) in [5.41, 5.74) is 3.57. The molecule has 0 bridgehead atoms. The normalized spacial score (nSPS) is 11.6. The van der Waals surface area contributed by atoms with E-state index in [9.17, 15) is 14.0 Å². The summed E-state index contributed by atoms with van der Waals surface area (Å²) < 4.78 is 14.6. The van der Waals surface area contributed by atoms with E-state index in [0.717, 1.165) is 29.5 Å². The van der Waals surface area contributed by atoms with Gasteiger partial charge in [0.05, 0.1) is 0 Å². The van der Waals surface area contributed by atoms with Gasteiger partial charge in [-0.1, -0.05) is 91.7 Å². The number of rotatable bonds is 12. The van der Waals surface area contributed by atoms with Gasteiger partial charge >= 0.3 is 0 Å². The van der Waals surface area contributed by atoms with E-state index in [0.29, 0.717) is 24.9 Å². The van der Waals surface area contributed by atoms with Crippen LogP contribution < -0.4 is 5.32 Å². The van der Waals surface area contributed by atoms with Gasteiger partial charge in [-0.15, -0.1) is 0 Å². The Hall–Kier alpha value is -3.47. The highest BCUT2D eigenvalue weighted by Gasteiger charge is 2.30. The zero-order valence-corrected chi connectivity index (χ0v) is 20.7. The average molecular weight is 475 g/mol. The van der Waals surface area contributed by atoms with Crippen molar-refractivity contribution in [3.05, 3.63) is 107 Å². The zero-order valence-electron chi connectivity index (χ0n) is 20.7. The molecule has 1 unspecified atom stereocenters. The Morgan fingerprint density at radius 3 is 2.29 bits per heavy atom. The smallest absolute Gasteiger partial charge is 0.243 e. The van der Waals surface area contributed by atoms with Gasteiger partial charge in [0, 0.05) is 31.5 Å². The number of benzene rings is 3. The monoisotopic (exact) mass is 474 g/mol. The molecule has 5 heteroatoms. The van der Waals surface area contributed by atoms with Crippen LogP contribution >= 0.6 is 0 Å². The highest BCUT2D eigenvalue weighted by molar-refractivity contribution is 5.88. The van der Waals surface area contributed by atoms with Crippen molar-refractivity contribution in [3.8, 4) is 0 Å². The van der Waals surface area contributed by atoms with Crippen LogP contribution in [0.5, 0.6) is 0 Å². The minimum atomic E-state index is -0.737. The molecule has 0 aromatic heterocycles. The predicted octanol–water partition coefficient (Wildman–Crippen LogP) is 5.62. The number of carbonyl (C=O) groups excluding carboxylic acids is 2. The molecule has 0 saturated carbocycles. The van der Waals surface area contributed by atoms with Crippen LogP contribution in [0, 0.1) is 12.7 Å². The molecule has 0 radical (unpaired) electrons.